The summed E-state index contributed by atoms with van der Waals surface area (Å²) in [5.41, 5.74) is 0. The summed E-state index contributed by atoms with van der Waals surface area (Å²) >= 11 is 0.883. The molecule has 1 saturated heterocycles. The van der Waals surface area contributed by atoms with E-state index in [1.165, 1.54) is 4.31 Å². The van der Waals surface area contributed by atoms with E-state index in [9.17, 15) is 13.2 Å². The minimum atomic E-state index is -3.62. The normalized spacial score (nSPS) is 18.1. The Morgan fingerprint density at radius 2 is 1.86 bits per heavy atom. The monoisotopic (exact) mass is 333 g/mol. The SMILES string of the molecule is CC(C)C(=O)Nc1nnc(S(=O)(=O)N2CCN(C)CC2)s1. The fraction of sp³-hybridized carbons (Fsp3) is 0.727. The standard InChI is InChI=1S/C11H19N5O3S2/c1-8(2)9(17)12-10-13-14-11(20-10)21(18,19)16-6-4-15(3)5-7-16/h8H,4-7H2,1-3H3,(H,12,13,17). The molecule has 0 bridgehead atoms. The van der Waals surface area contributed by atoms with Crippen LogP contribution in [0.5, 0.6) is 0 Å². The molecule has 0 radical (unpaired) electrons. The topological polar surface area (TPSA) is 95.5 Å². The zero-order valence-electron chi connectivity index (χ0n) is 12.2. The highest BCUT2D eigenvalue weighted by molar-refractivity contribution is 7.91. The number of carbonyl (C=O) groups is 1. The quantitative estimate of drug-likeness (QED) is 0.783. The van der Waals surface area contributed by atoms with Gasteiger partial charge >= 0.3 is 0 Å². The molecule has 1 aliphatic heterocycles. The molecule has 1 aliphatic rings. The largest absolute Gasteiger partial charge is 0.304 e. The molecule has 2 rings (SSSR count). The molecular formula is C11H19N5O3S2. The lowest BCUT2D eigenvalue weighted by molar-refractivity contribution is -0.118. The number of anilines is 1. The Balaban J connectivity index is 2.11. The number of sulfonamides is 1. The fourth-order valence-electron chi connectivity index (χ4n) is 1.75. The highest BCUT2D eigenvalue weighted by atomic mass is 32.2. The maximum absolute atomic E-state index is 12.4. The summed E-state index contributed by atoms with van der Waals surface area (Å²) < 4.78 is 26.2. The van der Waals surface area contributed by atoms with Gasteiger partial charge in [0.15, 0.2) is 0 Å². The van der Waals surface area contributed by atoms with Crippen molar-refractivity contribution in [3.8, 4) is 0 Å². The van der Waals surface area contributed by atoms with E-state index in [0.29, 0.717) is 26.2 Å². The van der Waals surface area contributed by atoms with Gasteiger partial charge < -0.3 is 10.2 Å². The number of amides is 1. The van der Waals surface area contributed by atoms with Crippen LogP contribution in [0.1, 0.15) is 13.8 Å². The molecule has 2 heterocycles. The van der Waals surface area contributed by atoms with Crippen molar-refractivity contribution in [2.45, 2.75) is 18.2 Å². The first kappa shape index (κ1) is 16.3. The third-order valence-corrected chi connectivity index (χ3v) is 6.27. The Bertz CT molecular complexity index is 605. The lowest BCUT2D eigenvalue weighted by atomic mass is 10.2. The molecule has 0 aromatic carbocycles. The molecule has 21 heavy (non-hydrogen) atoms. The maximum Gasteiger partial charge on any atom is 0.272 e. The van der Waals surface area contributed by atoms with Crippen LogP contribution in [0.25, 0.3) is 0 Å². The third kappa shape index (κ3) is 3.76. The molecular weight excluding hydrogens is 314 g/mol. The second-order valence-corrected chi connectivity index (χ2v) is 8.31. The van der Waals surface area contributed by atoms with E-state index in [-0.39, 0.29) is 21.3 Å². The number of carbonyl (C=O) groups excluding carboxylic acids is 1. The molecule has 0 unspecified atom stereocenters. The number of nitrogens with zero attached hydrogens (tertiary/aromatic N) is 4. The van der Waals surface area contributed by atoms with E-state index in [0.717, 1.165) is 11.3 Å². The van der Waals surface area contributed by atoms with Crippen molar-refractivity contribution in [3.63, 3.8) is 0 Å². The van der Waals surface area contributed by atoms with Crippen LogP contribution in [0.15, 0.2) is 4.34 Å². The van der Waals surface area contributed by atoms with E-state index in [1.807, 2.05) is 7.05 Å². The van der Waals surface area contributed by atoms with Crippen LogP contribution in [0.2, 0.25) is 0 Å². The molecule has 1 fully saturated rings. The summed E-state index contributed by atoms with van der Waals surface area (Å²) in [5, 5.41) is 10.2. The Morgan fingerprint density at radius 3 is 2.43 bits per heavy atom. The molecule has 0 aliphatic carbocycles. The summed E-state index contributed by atoms with van der Waals surface area (Å²) in [6, 6.07) is 0. The van der Waals surface area contributed by atoms with Gasteiger partial charge in [-0.2, -0.15) is 4.31 Å². The molecule has 1 N–H and O–H groups in total. The maximum atomic E-state index is 12.4. The lowest BCUT2D eigenvalue weighted by Crippen LogP contribution is -2.46. The number of hydrogen-bond acceptors (Lipinski definition) is 7. The van der Waals surface area contributed by atoms with Crippen LogP contribution >= 0.6 is 11.3 Å². The predicted molar refractivity (Wildman–Crippen MR) is 79.6 cm³/mol. The van der Waals surface area contributed by atoms with Crippen molar-refractivity contribution in [1.82, 2.24) is 19.4 Å². The van der Waals surface area contributed by atoms with Gasteiger partial charge in [0.2, 0.25) is 15.4 Å². The molecule has 0 atom stereocenters. The number of likely N-dealkylation sites (N-methyl/N-ethyl adjacent to an activating group) is 1. The van der Waals surface area contributed by atoms with Gasteiger partial charge in [-0.15, -0.1) is 10.2 Å². The average molecular weight is 333 g/mol. The molecule has 1 amide bonds. The highest BCUT2D eigenvalue weighted by Gasteiger charge is 2.31. The number of aromatic nitrogens is 2. The first-order chi connectivity index (χ1) is 9.80. The Morgan fingerprint density at radius 1 is 1.24 bits per heavy atom. The smallest absolute Gasteiger partial charge is 0.272 e. The predicted octanol–water partition coefficient (Wildman–Crippen LogP) is 0.0687. The number of piperazine rings is 1. The summed E-state index contributed by atoms with van der Waals surface area (Å²) in [5.74, 6) is -0.415. The molecule has 1 aromatic rings. The minimum absolute atomic E-state index is 0.0777. The first-order valence-corrected chi connectivity index (χ1v) is 8.89. The van der Waals surface area contributed by atoms with Crippen LogP contribution < -0.4 is 5.32 Å². The van der Waals surface area contributed by atoms with Gasteiger partial charge in [-0.1, -0.05) is 25.2 Å². The van der Waals surface area contributed by atoms with Crippen LogP contribution in [-0.2, 0) is 14.8 Å². The van der Waals surface area contributed by atoms with E-state index in [4.69, 9.17) is 0 Å². The van der Waals surface area contributed by atoms with Gasteiger partial charge in [0.1, 0.15) is 0 Å². The molecule has 1 aromatic heterocycles. The number of nitrogens with one attached hydrogen (secondary N) is 1. The summed E-state index contributed by atoms with van der Waals surface area (Å²) in [4.78, 5) is 13.6. The summed E-state index contributed by atoms with van der Waals surface area (Å²) in [6.45, 7) is 5.75. The van der Waals surface area contributed by atoms with E-state index in [2.05, 4.69) is 20.4 Å². The van der Waals surface area contributed by atoms with Crippen molar-refractivity contribution in [3.05, 3.63) is 0 Å². The van der Waals surface area contributed by atoms with Crippen LogP contribution in [-0.4, -0.2) is 67.0 Å². The van der Waals surface area contributed by atoms with E-state index < -0.39 is 10.0 Å². The second kappa shape index (κ2) is 6.34. The summed E-state index contributed by atoms with van der Waals surface area (Å²) in [6.07, 6.45) is 0. The van der Waals surface area contributed by atoms with Gasteiger partial charge in [0.25, 0.3) is 10.0 Å². The second-order valence-electron chi connectivity index (χ2n) is 5.22. The molecule has 8 nitrogen and oxygen atoms in total. The Hall–Kier alpha value is -1.10. The van der Waals surface area contributed by atoms with Crippen molar-refractivity contribution in [1.29, 1.82) is 0 Å². The van der Waals surface area contributed by atoms with Gasteiger partial charge in [0, 0.05) is 32.1 Å². The first-order valence-electron chi connectivity index (χ1n) is 6.64. The fourth-order valence-corrected chi connectivity index (χ4v) is 4.22. The van der Waals surface area contributed by atoms with Crippen molar-refractivity contribution < 1.29 is 13.2 Å². The zero-order valence-corrected chi connectivity index (χ0v) is 13.9. The van der Waals surface area contributed by atoms with Crippen molar-refractivity contribution in [2.75, 3.05) is 38.5 Å². The van der Waals surface area contributed by atoms with Gasteiger partial charge in [-0.25, -0.2) is 8.42 Å². The van der Waals surface area contributed by atoms with Gasteiger partial charge in [-0.05, 0) is 7.05 Å². The Kier molecular flexibility index (Phi) is 4.91. The minimum Gasteiger partial charge on any atom is -0.304 e. The number of hydrogen-bond donors (Lipinski definition) is 1. The van der Waals surface area contributed by atoms with Crippen molar-refractivity contribution in [2.24, 2.45) is 5.92 Å². The highest BCUT2D eigenvalue weighted by Crippen LogP contribution is 2.24. The van der Waals surface area contributed by atoms with Crippen LogP contribution in [0.4, 0.5) is 5.13 Å². The van der Waals surface area contributed by atoms with Crippen molar-refractivity contribution >= 4 is 32.4 Å². The zero-order chi connectivity index (χ0) is 15.6. The van der Waals surface area contributed by atoms with Crippen LogP contribution in [0.3, 0.4) is 0 Å². The molecule has 118 valence electrons. The van der Waals surface area contributed by atoms with E-state index in [1.54, 1.807) is 13.8 Å². The van der Waals surface area contributed by atoms with Gasteiger partial charge in [-0.3, -0.25) is 4.79 Å². The molecule has 0 saturated carbocycles. The van der Waals surface area contributed by atoms with Crippen LogP contribution in [0, 0.1) is 5.92 Å². The molecule has 10 heteroatoms. The van der Waals surface area contributed by atoms with E-state index >= 15 is 0 Å². The Labute approximate surface area is 128 Å². The summed E-state index contributed by atoms with van der Waals surface area (Å²) in [7, 11) is -1.67. The third-order valence-electron chi connectivity index (χ3n) is 3.18. The number of rotatable bonds is 4. The lowest BCUT2D eigenvalue weighted by Gasteiger charge is -2.30. The molecule has 0 spiro atoms. The van der Waals surface area contributed by atoms with Gasteiger partial charge in [0.05, 0.1) is 0 Å². The average Bonchev–Trinajstić information content (AvgIpc) is 2.88.